The van der Waals surface area contributed by atoms with E-state index in [1.165, 1.54) is 30.5 Å². The van der Waals surface area contributed by atoms with Crippen LogP contribution in [0.25, 0.3) is 0 Å². The first-order valence-electron chi connectivity index (χ1n) is 7.63. The van der Waals surface area contributed by atoms with Crippen LogP contribution in [0.5, 0.6) is 0 Å². The third kappa shape index (κ3) is 5.67. The highest BCUT2D eigenvalue weighted by molar-refractivity contribution is 6.30. The molecule has 1 N–H and O–H groups in total. The minimum absolute atomic E-state index is 0.226. The number of benzene rings is 1. The molecule has 1 aromatic carbocycles. The molecule has 124 valence electrons. The summed E-state index contributed by atoms with van der Waals surface area (Å²) in [5.74, 6) is -2.05. The van der Waals surface area contributed by atoms with Gasteiger partial charge in [0, 0.05) is 11.6 Å². The van der Waals surface area contributed by atoms with Gasteiger partial charge in [-0.1, -0.05) is 23.3 Å². The summed E-state index contributed by atoms with van der Waals surface area (Å²) in [6, 6.07) is 3.59. The Kier molecular flexibility index (Phi) is 6.59. The van der Waals surface area contributed by atoms with Crippen LogP contribution in [0.3, 0.4) is 0 Å². The van der Waals surface area contributed by atoms with E-state index in [-0.39, 0.29) is 10.6 Å². The van der Waals surface area contributed by atoms with Gasteiger partial charge < -0.3 is 10.1 Å². The van der Waals surface area contributed by atoms with Gasteiger partial charge in [0.25, 0.3) is 5.91 Å². The molecule has 0 unspecified atom stereocenters. The van der Waals surface area contributed by atoms with Crippen molar-refractivity contribution in [2.45, 2.75) is 32.1 Å². The summed E-state index contributed by atoms with van der Waals surface area (Å²) in [6.07, 6.45) is 7.64. The van der Waals surface area contributed by atoms with Crippen molar-refractivity contribution in [3.05, 3.63) is 46.3 Å². The number of ether oxygens (including phenoxy) is 1. The summed E-state index contributed by atoms with van der Waals surface area (Å²) in [5.41, 5.74) is 1.08. The molecule has 0 bridgehead atoms. The molecule has 6 heteroatoms. The molecule has 4 nitrogen and oxygen atoms in total. The Morgan fingerprint density at radius 1 is 1.30 bits per heavy atom. The first-order valence-corrected chi connectivity index (χ1v) is 8.01. The first kappa shape index (κ1) is 17.5. The zero-order valence-electron chi connectivity index (χ0n) is 12.7. The van der Waals surface area contributed by atoms with E-state index in [2.05, 4.69) is 11.4 Å². The second-order valence-corrected chi connectivity index (χ2v) is 5.84. The standard InChI is InChI=1S/C17H19ClFNO3/c18-13-6-7-15(19)14(10-13)17(22)23-11-16(21)20-9-8-12-4-2-1-3-5-12/h4,6-7,10H,1-3,5,8-9,11H2,(H,20,21). The van der Waals surface area contributed by atoms with Gasteiger partial charge >= 0.3 is 5.97 Å². The summed E-state index contributed by atoms with van der Waals surface area (Å²) >= 11 is 5.71. The lowest BCUT2D eigenvalue weighted by Crippen LogP contribution is -2.30. The highest BCUT2D eigenvalue weighted by Gasteiger charge is 2.15. The van der Waals surface area contributed by atoms with Crippen molar-refractivity contribution in [2.24, 2.45) is 0 Å². The molecule has 0 heterocycles. The maximum Gasteiger partial charge on any atom is 0.341 e. The van der Waals surface area contributed by atoms with Crippen molar-refractivity contribution in [1.29, 1.82) is 0 Å². The summed E-state index contributed by atoms with van der Waals surface area (Å²) in [7, 11) is 0. The average Bonchev–Trinajstić information content (AvgIpc) is 2.56. The lowest BCUT2D eigenvalue weighted by molar-refractivity contribution is -0.124. The van der Waals surface area contributed by atoms with Crippen molar-refractivity contribution in [3.63, 3.8) is 0 Å². The van der Waals surface area contributed by atoms with Gasteiger partial charge in [-0.25, -0.2) is 9.18 Å². The van der Waals surface area contributed by atoms with Crippen molar-refractivity contribution in [2.75, 3.05) is 13.2 Å². The quantitative estimate of drug-likeness (QED) is 0.636. The topological polar surface area (TPSA) is 55.4 Å². The molecule has 1 aromatic rings. The van der Waals surface area contributed by atoms with Crippen LogP contribution < -0.4 is 5.32 Å². The minimum atomic E-state index is -0.907. The molecular formula is C17H19ClFNO3. The Hall–Kier alpha value is -1.88. The van der Waals surface area contributed by atoms with Crippen LogP contribution in [-0.2, 0) is 9.53 Å². The SMILES string of the molecule is O=C(COC(=O)c1cc(Cl)ccc1F)NCCC1=CCCCC1. The number of halogens is 2. The van der Waals surface area contributed by atoms with Crippen LogP contribution in [0.2, 0.25) is 5.02 Å². The van der Waals surface area contributed by atoms with E-state index in [0.29, 0.717) is 6.54 Å². The Labute approximate surface area is 139 Å². The van der Waals surface area contributed by atoms with E-state index in [4.69, 9.17) is 16.3 Å². The van der Waals surface area contributed by atoms with Gasteiger partial charge in [0.2, 0.25) is 0 Å². The summed E-state index contributed by atoms with van der Waals surface area (Å²) in [6.45, 7) is 0.0670. The van der Waals surface area contributed by atoms with Gasteiger partial charge in [-0.3, -0.25) is 4.79 Å². The molecule has 1 aliphatic rings. The van der Waals surface area contributed by atoms with E-state index in [1.54, 1.807) is 0 Å². The monoisotopic (exact) mass is 339 g/mol. The predicted molar refractivity (Wildman–Crippen MR) is 85.9 cm³/mol. The van der Waals surface area contributed by atoms with Gasteiger partial charge in [-0.2, -0.15) is 0 Å². The largest absolute Gasteiger partial charge is 0.452 e. The van der Waals surface area contributed by atoms with Crippen LogP contribution >= 0.6 is 11.6 Å². The van der Waals surface area contributed by atoms with E-state index in [1.807, 2.05) is 0 Å². The second kappa shape index (κ2) is 8.67. The zero-order chi connectivity index (χ0) is 16.7. The van der Waals surface area contributed by atoms with Gasteiger partial charge in [-0.15, -0.1) is 0 Å². The first-order chi connectivity index (χ1) is 11.1. The fourth-order valence-electron chi connectivity index (χ4n) is 2.41. The fraction of sp³-hybridized carbons (Fsp3) is 0.412. The second-order valence-electron chi connectivity index (χ2n) is 5.41. The van der Waals surface area contributed by atoms with Crippen molar-refractivity contribution in [1.82, 2.24) is 5.32 Å². The molecule has 1 amide bonds. The van der Waals surface area contributed by atoms with Gasteiger partial charge in [-0.05, 0) is 50.3 Å². The molecule has 0 aliphatic heterocycles. The highest BCUT2D eigenvalue weighted by Crippen LogP contribution is 2.19. The number of nitrogens with one attached hydrogen (secondary N) is 1. The number of carbonyl (C=O) groups is 2. The minimum Gasteiger partial charge on any atom is -0.452 e. The lowest BCUT2D eigenvalue weighted by Gasteiger charge is -2.13. The lowest BCUT2D eigenvalue weighted by atomic mass is 9.97. The van der Waals surface area contributed by atoms with Gasteiger partial charge in [0.05, 0.1) is 5.56 Å². The maximum absolute atomic E-state index is 13.5. The summed E-state index contributed by atoms with van der Waals surface area (Å²) < 4.78 is 18.3. The predicted octanol–water partition coefficient (Wildman–Crippen LogP) is 3.64. The normalized spacial score (nSPS) is 14.1. The number of carbonyl (C=O) groups excluding carboxylic acids is 2. The molecule has 2 rings (SSSR count). The number of rotatable bonds is 6. The number of esters is 1. The molecule has 1 aliphatic carbocycles. The van der Waals surface area contributed by atoms with Crippen LogP contribution in [-0.4, -0.2) is 25.0 Å². The highest BCUT2D eigenvalue weighted by atomic mass is 35.5. The molecule has 0 fully saturated rings. The molecular weight excluding hydrogens is 321 g/mol. The van der Waals surface area contributed by atoms with E-state index in [0.717, 1.165) is 25.3 Å². The van der Waals surface area contributed by atoms with Crippen LogP contribution in [0, 0.1) is 5.82 Å². The van der Waals surface area contributed by atoms with Crippen molar-refractivity contribution >= 4 is 23.5 Å². The fourth-order valence-corrected chi connectivity index (χ4v) is 2.58. The third-order valence-corrected chi connectivity index (χ3v) is 3.87. The van der Waals surface area contributed by atoms with Crippen LogP contribution in [0.15, 0.2) is 29.8 Å². The molecule has 0 radical (unpaired) electrons. The number of hydrogen-bond acceptors (Lipinski definition) is 3. The Bertz CT molecular complexity index is 616. The van der Waals surface area contributed by atoms with Crippen molar-refractivity contribution < 1.29 is 18.7 Å². The summed E-state index contributed by atoms with van der Waals surface area (Å²) in [5, 5.41) is 2.91. The molecule has 23 heavy (non-hydrogen) atoms. The summed E-state index contributed by atoms with van der Waals surface area (Å²) in [4.78, 5) is 23.4. The van der Waals surface area contributed by atoms with Gasteiger partial charge in [0.15, 0.2) is 6.61 Å². The van der Waals surface area contributed by atoms with Crippen molar-refractivity contribution in [3.8, 4) is 0 Å². The zero-order valence-corrected chi connectivity index (χ0v) is 13.5. The van der Waals surface area contributed by atoms with E-state index >= 15 is 0 Å². The Morgan fingerprint density at radius 2 is 2.13 bits per heavy atom. The maximum atomic E-state index is 13.5. The molecule has 0 aromatic heterocycles. The molecule has 0 atom stereocenters. The van der Waals surface area contributed by atoms with E-state index < -0.39 is 24.3 Å². The Morgan fingerprint density at radius 3 is 2.87 bits per heavy atom. The van der Waals surface area contributed by atoms with Gasteiger partial charge in [0.1, 0.15) is 5.82 Å². The average molecular weight is 340 g/mol. The third-order valence-electron chi connectivity index (χ3n) is 3.64. The molecule has 0 saturated carbocycles. The van der Waals surface area contributed by atoms with Crippen LogP contribution in [0.1, 0.15) is 42.5 Å². The van der Waals surface area contributed by atoms with Crippen LogP contribution in [0.4, 0.5) is 4.39 Å². The number of hydrogen-bond donors (Lipinski definition) is 1. The molecule has 0 saturated heterocycles. The molecule has 0 spiro atoms. The smallest absolute Gasteiger partial charge is 0.341 e. The Balaban J connectivity index is 1.72. The number of allylic oxidation sites excluding steroid dienone is 1. The van der Waals surface area contributed by atoms with E-state index in [9.17, 15) is 14.0 Å². The number of amides is 1.